The van der Waals surface area contributed by atoms with Crippen LogP contribution in [0.1, 0.15) is 45.4 Å². The van der Waals surface area contributed by atoms with Gasteiger partial charge in [0, 0.05) is 13.2 Å². The van der Waals surface area contributed by atoms with Crippen LogP contribution in [-0.4, -0.2) is 26.3 Å². The van der Waals surface area contributed by atoms with Crippen LogP contribution >= 0.6 is 0 Å². The monoisotopic (exact) mass is 199 g/mol. The molecule has 1 N–H and O–H groups in total. The molecular weight excluding hydrogens is 174 g/mol. The van der Waals surface area contributed by atoms with Crippen molar-refractivity contribution in [2.24, 2.45) is 5.92 Å². The first-order valence-electron chi connectivity index (χ1n) is 6.22. The molecule has 1 saturated carbocycles. The standard InChI is InChI=1S/C12H25NO/c1-2-14-10-9-13-11-12-7-5-3-4-6-8-12/h12-13H,2-11H2,1H3. The molecule has 0 aromatic carbocycles. The maximum absolute atomic E-state index is 5.29. The van der Waals surface area contributed by atoms with Crippen LogP contribution in [0.3, 0.4) is 0 Å². The van der Waals surface area contributed by atoms with Crippen molar-refractivity contribution in [3.05, 3.63) is 0 Å². The first-order chi connectivity index (χ1) is 6.93. The fourth-order valence-corrected chi connectivity index (χ4v) is 2.16. The fourth-order valence-electron chi connectivity index (χ4n) is 2.16. The highest BCUT2D eigenvalue weighted by molar-refractivity contribution is 4.66. The quantitative estimate of drug-likeness (QED) is 0.524. The molecule has 0 heterocycles. The van der Waals surface area contributed by atoms with Gasteiger partial charge in [-0.1, -0.05) is 25.7 Å². The average Bonchev–Trinajstić information content (AvgIpc) is 2.46. The van der Waals surface area contributed by atoms with Crippen LogP contribution < -0.4 is 5.32 Å². The summed E-state index contributed by atoms with van der Waals surface area (Å²) in [6.45, 7) is 5.97. The minimum Gasteiger partial charge on any atom is -0.380 e. The molecule has 0 spiro atoms. The zero-order valence-corrected chi connectivity index (χ0v) is 9.56. The third kappa shape index (κ3) is 5.61. The van der Waals surface area contributed by atoms with E-state index >= 15 is 0 Å². The molecule has 0 amide bonds. The smallest absolute Gasteiger partial charge is 0.0590 e. The average molecular weight is 199 g/mol. The second-order valence-electron chi connectivity index (χ2n) is 4.26. The van der Waals surface area contributed by atoms with E-state index in [2.05, 4.69) is 5.32 Å². The summed E-state index contributed by atoms with van der Waals surface area (Å²) < 4.78 is 5.29. The van der Waals surface area contributed by atoms with Gasteiger partial charge in [0.05, 0.1) is 6.61 Å². The third-order valence-corrected chi connectivity index (χ3v) is 3.04. The van der Waals surface area contributed by atoms with Gasteiger partial charge in [-0.25, -0.2) is 0 Å². The number of hydrogen-bond acceptors (Lipinski definition) is 2. The summed E-state index contributed by atoms with van der Waals surface area (Å²) in [6.07, 6.45) is 8.66. The molecule has 2 heteroatoms. The molecule has 1 aliphatic carbocycles. The Morgan fingerprint density at radius 2 is 1.86 bits per heavy atom. The Labute approximate surface area is 88.4 Å². The molecule has 1 aliphatic rings. The zero-order valence-electron chi connectivity index (χ0n) is 9.56. The summed E-state index contributed by atoms with van der Waals surface area (Å²) >= 11 is 0. The predicted octanol–water partition coefficient (Wildman–Crippen LogP) is 2.58. The molecule has 0 aromatic heterocycles. The second kappa shape index (κ2) is 8.25. The van der Waals surface area contributed by atoms with Crippen LogP contribution in [0.5, 0.6) is 0 Å². The Kier molecular flexibility index (Phi) is 7.06. The molecule has 0 atom stereocenters. The van der Waals surface area contributed by atoms with Crippen LogP contribution in [-0.2, 0) is 4.74 Å². The van der Waals surface area contributed by atoms with E-state index in [1.807, 2.05) is 6.92 Å². The van der Waals surface area contributed by atoms with Crippen LogP contribution in [0.25, 0.3) is 0 Å². The van der Waals surface area contributed by atoms with Gasteiger partial charge in [-0.2, -0.15) is 0 Å². The summed E-state index contributed by atoms with van der Waals surface area (Å²) in [4.78, 5) is 0. The van der Waals surface area contributed by atoms with Crippen molar-refractivity contribution in [3.8, 4) is 0 Å². The molecule has 0 aromatic rings. The third-order valence-electron chi connectivity index (χ3n) is 3.04. The van der Waals surface area contributed by atoms with E-state index in [1.165, 1.54) is 45.1 Å². The van der Waals surface area contributed by atoms with Crippen molar-refractivity contribution >= 4 is 0 Å². The Balaban J connectivity index is 1.93. The SMILES string of the molecule is CCOCCNCC1CCCCCC1. The molecule has 0 radical (unpaired) electrons. The van der Waals surface area contributed by atoms with Crippen molar-refractivity contribution < 1.29 is 4.74 Å². The highest BCUT2D eigenvalue weighted by Gasteiger charge is 2.10. The van der Waals surface area contributed by atoms with E-state index in [0.29, 0.717) is 0 Å². The lowest BCUT2D eigenvalue weighted by Gasteiger charge is -2.14. The number of rotatable bonds is 6. The first kappa shape index (κ1) is 12.0. The Morgan fingerprint density at radius 3 is 2.50 bits per heavy atom. The van der Waals surface area contributed by atoms with Gasteiger partial charge in [0.1, 0.15) is 0 Å². The summed E-state index contributed by atoms with van der Waals surface area (Å²) in [6, 6.07) is 0. The van der Waals surface area contributed by atoms with Gasteiger partial charge in [-0.3, -0.25) is 0 Å². The van der Waals surface area contributed by atoms with Crippen molar-refractivity contribution in [1.82, 2.24) is 5.32 Å². The minimum atomic E-state index is 0.838. The van der Waals surface area contributed by atoms with Crippen LogP contribution in [0.2, 0.25) is 0 Å². The van der Waals surface area contributed by atoms with E-state index < -0.39 is 0 Å². The molecule has 0 aliphatic heterocycles. The summed E-state index contributed by atoms with van der Waals surface area (Å²) in [5, 5.41) is 3.49. The summed E-state index contributed by atoms with van der Waals surface area (Å²) in [7, 11) is 0. The summed E-state index contributed by atoms with van der Waals surface area (Å²) in [5.41, 5.74) is 0. The van der Waals surface area contributed by atoms with E-state index in [1.54, 1.807) is 0 Å². The van der Waals surface area contributed by atoms with Crippen LogP contribution in [0.4, 0.5) is 0 Å². The zero-order chi connectivity index (χ0) is 10.1. The van der Waals surface area contributed by atoms with Gasteiger partial charge in [0.25, 0.3) is 0 Å². The van der Waals surface area contributed by atoms with E-state index in [0.717, 1.165) is 25.7 Å². The maximum Gasteiger partial charge on any atom is 0.0590 e. The Hall–Kier alpha value is -0.0800. The molecule has 1 rings (SSSR count). The maximum atomic E-state index is 5.29. The molecule has 0 unspecified atom stereocenters. The van der Waals surface area contributed by atoms with Crippen LogP contribution in [0, 0.1) is 5.92 Å². The van der Waals surface area contributed by atoms with E-state index in [4.69, 9.17) is 4.74 Å². The van der Waals surface area contributed by atoms with Crippen molar-refractivity contribution in [1.29, 1.82) is 0 Å². The number of nitrogens with one attached hydrogen (secondary N) is 1. The Morgan fingerprint density at radius 1 is 1.14 bits per heavy atom. The van der Waals surface area contributed by atoms with E-state index in [-0.39, 0.29) is 0 Å². The van der Waals surface area contributed by atoms with Crippen LogP contribution in [0.15, 0.2) is 0 Å². The van der Waals surface area contributed by atoms with Gasteiger partial charge in [-0.05, 0) is 32.2 Å². The van der Waals surface area contributed by atoms with Gasteiger partial charge >= 0.3 is 0 Å². The lowest BCUT2D eigenvalue weighted by atomic mass is 10.0. The molecule has 0 bridgehead atoms. The Bertz CT molecular complexity index is 119. The molecule has 0 saturated heterocycles. The summed E-state index contributed by atoms with van der Waals surface area (Å²) in [5.74, 6) is 0.930. The van der Waals surface area contributed by atoms with Gasteiger partial charge in [0.15, 0.2) is 0 Å². The topological polar surface area (TPSA) is 21.3 Å². The second-order valence-corrected chi connectivity index (χ2v) is 4.26. The minimum absolute atomic E-state index is 0.838. The molecule has 1 fully saturated rings. The van der Waals surface area contributed by atoms with Crippen molar-refractivity contribution in [2.45, 2.75) is 45.4 Å². The van der Waals surface area contributed by atoms with Crippen molar-refractivity contribution in [3.63, 3.8) is 0 Å². The lowest BCUT2D eigenvalue weighted by Crippen LogP contribution is -2.26. The number of hydrogen-bond donors (Lipinski definition) is 1. The molecular formula is C12H25NO. The molecule has 14 heavy (non-hydrogen) atoms. The normalized spacial score (nSPS) is 19.5. The van der Waals surface area contributed by atoms with E-state index in [9.17, 15) is 0 Å². The largest absolute Gasteiger partial charge is 0.380 e. The van der Waals surface area contributed by atoms with Gasteiger partial charge in [0.2, 0.25) is 0 Å². The van der Waals surface area contributed by atoms with Gasteiger partial charge in [-0.15, -0.1) is 0 Å². The molecule has 2 nitrogen and oxygen atoms in total. The lowest BCUT2D eigenvalue weighted by molar-refractivity contribution is 0.148. The number of ether oxygens (including phenoxy) is 1. The van der Waals surface area contributed by atoms with Gasteiger partial charge < -0.3 is 10.1 Å². The highest BCUT2D eigenvalue weighted by atomic mass is 16.5. The predicted molar refractivity (Wildman–Crippen MR) is 60.6 cm³/mol. The fraction of sp³-hybridized carbons (Fsp3) is 1.00. The first-order valence-corrected chi connectivity index (χ1v) is 6.22. The van der Waals surface area contributed by atoms with Crippen molar-refractivity contribution in [2.75, 3.05) is 26.3 Å². The molecule has 84 valence electrons. The highest BCUT2D eigenvalue weighted by Crippen LogP contribution is 2.21.